The molecule has 0 aromatic carbocycles. The van der Waals surface area contributed by atoms with Crippen molar-refractivity contribution in [1.82, 2.24) is 9.78 Å². The SMILES string of the molecule is CCCCCCCn1ncc(C(=O)O)c1C. The van der Waals surface area contributed by atoms with Crippen LogP contribution in [-0.4, -0.2) is 20.9 Å². The highest BCUT2D eigenvalue weighted by Crippen LogP contribution is 2.09. The second kappa shape index (κ2) is 6.30. The summed E-state index contributed by atoms with van der Waals surface area (Å²) in [6.45, 7) is 4.82. The van der Waals surface area contributed by atoms with Gasteiger partial charge in [0.2, 0.25) is 0 Å². The minimum absolute atomic E-state index is 0.313. The lowest BCUT2D eigenvalue weighted by molar-refractivity contribution is 0.0696. The Balaban J connectivity index is 2.40. The van der Waals surface area contributed by atoms with Crippen LogP contribution in [0.3, 0.4) is 0 Å². The van der Waals surface area contributed by atoms with E-state index in [0.717, 1.165) is 18.7 Å². The molecule has 0 spiro atoms. The van der Waals surface area contributed by atoms with E-state index in [1.807, 2.05) is 6.92 Å². The molecule has 0 aliphatic heterocycles. The number of nitrogens with zero attached hydrogens (tertiary/aromatic N) is 2. The van der Waals surface area contributed by atoms with Crippen molar-refractivity contribution in [2.75, 3.05) is 0 Å². The lowest BCUT2D eigenvalue weighted by Gasteiger charge is -2.04. The number of carbonyl (C=O) groups is 1. The van der Waals surface area contributed by atoms with Gasteiger partial charge in [-0.2, -0.15) is 5.10 Å². The molecule has 0 unspecified atom stereocenters. The quantitative estimate of drug-likeness (QED) is 0.724. The van der Waals surface area contributed by atoms with Gasteiger partial charge in [0.1, 0.15) is 5.56 Å². The van der Waals surface area contributed by atoms with Crippen molar-refractivity contribution in [2.24, 2.45) is 0 Å². The highest BCUT2D eigenvalue weighted by Gasteiger charge is 2.11. The molecule has 0 aliphatic carbocycles. The highest BCUT2D eigenvalue weighted by molar-refractivity contribution is 5.88. The first-order chi connectivity index (χ1) is 7.66. The lowest BCUT2D eigenvalue weighted by atomic mass is 10.1. The van der Waals surface area contributed by atoms with Crippen LogP contribution in [0.25, 0.3) is 0 Å². The largest absolute Gasteiger partial charge is 0.478 e. The summed E-state index contributed by atoms with van der Waals surface area (Å²) < 4.78 is 1.79. The first-order valence-corrected chi connectivity index (χ1v) is 5.92. The van der Waals surface area contributed by atoms with E-state index in [9.17, 15) is 4.79 Å². The number of unbranched alkanes of at least 4 members (excludes halogenated alkanes) is 4. The normalized spacial score (nSPS) is 10.6. The fraction of sp³-hybridized carbons (Fsp3) is 0.667. The van der Waals surface area contributed by atoms with E-state index < -0.39 is 5.97 Å². The maximum Gasteiger partial charge on any atom is 0.339 e. The van der Waals surface area contributed by atoms with Gasteiger partial charge in [-0.3, -0.25) is 4.68 Å². The van der Waals surface area contributed by atoms with E-state index in [1.165, 1.54) is 31.9 Å². The molecule has 0 saturated carbocycles. The zero-order valence-electron chi connectivity index (χ0n) is 10.1. The van der Waals surface area contributed by atoms with E-state index in [4.69, 9.17) is 5.11 Å². The topological polar surface area (TPSA) is 55.1 Å². The van der Waals surface area contributed by atoms with Gasteiger partial charge in [-0.05, 0) is 13.3 Å². The number of aryl methyl sites for hydroxylation is 1. The zero-order valence-corrected chi connectivity index (χ0v) is 10.1. The van der Waals surface area contributed by atoms with Crippen molar-refractivity contribution in [1.29, 1.82) is 0 Å². The summed E-state index contributed by atoms with van der Waals surface area (Å²) >= 11 is 0. The Morgan fingerprint density at radius 1 is 1.38 bits per heavy atom. The first kappa shape index (κ1) is 12.7. The van der Waals surface area contributed by atoms with Crippen LogP contribution < -0.4 is 0 Å². The predicted molar refractivity (Wildman–Crippen MR) is 62.7 cm³/mol. The summed E-state index contributed by atoms with van der Waals surface area (Å²) in [6, 6.07) is 0. The van der Waals surface area contributed by atoms with Crippen molar-refractivity contribution in [3.05, 3.63) is 17.5 Å². The molecule has 0 atom stereocenters. The molecule has 16 heavy (non-hydrogen) atoms. The molecule has 4 heteroatoms. The van der Waals surface area contributed by atoms with Crippen molar-refractivity contribution >= 4 is 5.97 Å². The van der Waals surface area contributed by atoms with Gasteiger partial charge < -0.3 is 5.11 Å². The molecular formula is C12H20N2O2. The van der Waals surface area contributed by atoms with Crippen molar-refractivity contribution in [3.63, 3.8) is 0 Å². The number of rotatable bonds is 7. The fourth-order valence-electron chi connectivity index (χ4n) is 1.75. The number of hydrogen-bond donors (Lipinski definition) is 1. The van der Waals surface area contributed by atoms with E-state index in [-0.39, 0.29) is 0 Å². The third-order valence-corrected chi connectivity index (χ3v) is 2.81. The van der Waals surface area contributed by atoms with Gasteiger partial charge in [-0.1, -0.05) is 32.6 Å². The molecule has 0 aliphatic rings. The average molecular weight is 224 g/mol. The van der Waals surface area contributed by atoms with E-state index >= 15 is 0 Å². The van der Waals surface area contributed by atoms with E-state index in [0.29, 0.717) is 5.56 Å². The van der Waals surface area contributed by atoms with Gasteiger partial charge >= 0.3 is 5.97 Å². The number of carboxylic acids is 1. The Morgan fingerprint density at radius 2 is 2.06 bits per heavy atom. The van der Waals surface area contributed by atoms with Gasteiger partial charge in [0, 0.05) is 12.2 Å². The average Bonchev–Trinajstić information content (AvgIpc) is 2.60. The predicted octanol–water partition coefficient (Wildman–Crippen LogP) is 2.86. The molecule has 1 rings (SSSR count). The van der Waals surface area contributed by atoms with Crippen LogP contribution in [0.15, 0.2) is 6.20 Å². The molecule has 90 valence electrons. The maximum absolute atomic E-state index is 10.8. The van der Waals surface area contributed by atoms with Crippen molar-refractivity contribution < 1.29 is 9.90 Å². The molecule has 1 aromatic rings. The molecule has 0 bridgehead atoms. The maximum atomic E-state index is 10.8. The molecule has 1 aromatic heterocycles. The van der Waals surface area contributed by atoms with E-state index in [2.05, 4.69) is 12.0 Å². The van der Waals surface area contributed by atoms with E-state index in [1.54, 1.807) is 4.68 Å². The third-order valence-electron chi connectivity index (χ3n) is 2.81. The van der Waals surface area contributed by atoms with Crippen molar-refractivity contribution in [2.45, 2.75) is 52.5 Å². The lowest BCUT2D eigenvalue weighted by Crippen LogP contribution is -2.04. The van der Waals surface area contributed by atoms with Gasteiger partial charge in [-0.25, -0.2) is 4.79 Å². The molecule has 0 saturated heterocycles. The second-order valence-electron chi connectivity index (χ2n) is 4.09. The van der Waals surface area contributed by atoms with Crippen LogP contribution in [0.4, 0.5) is 0 Å². The number of hydrogen-bond acceptors (Lipinski definition) is 2. The Hall–Kier alpha value is -1.32. The smallest absolute Gasteiger partial charge is 0.339 e. The van der Waals surface area contributed by atoms with Gasteiger partial charge in [0.05, 0.1) is 6.20 Å². The Labute approximate surface area is 96.3 Å². The molecule has 0 radical (unpaired) electrons. The summed E-state index contributed by atoms with van der Waals surface area (Å²) in [4.78, 5) is 10.8. The van der Waals surface area contributed by atoms with Crippen LogP contribution >= 0.6 is 0 Å². The number of aromatic carboxylic acids is 1. The van der Waals surface area contributed by atoms with Gasteiger partial charge in [-0.15, -0.1) is 0 Å². The monoisotopic (exact) mass is 224 g/mol. The van der Waals surface area contributed by atoms with Crippen LogP contribution in [0.5, 0.6) is 0 Å². The summed E-state index contributed by atoms with van der Waals surface area (Å²) in [5.41, 5.74) is 1.07. The first-order valence-electron chi connectivity index (χ1n) is 5.92. The Bertz CT molecular complexity index is 345. The molecule has 1 heterocycles. The molecule has 4 nitrogen and oxygen atoms in total. The molecule has 0 fully saturated rings. The second-order valence-corrected chi connectivity index (χ2v) is 4.09. The third kappa shape index (κ3) is 3.36. The fourth-order valence-corrected chi connectivity index (χ4v) is 1.75. The molecule has 0 amide bonds. The van der Waals surface area contributed by atoms with Crippen molar-refractivity contribution in [3.8, 4) is 0 Å². The van der Waals surface area contributed by atoms with Crippen LogP contribution in [0.2, 0.25) is 0 Å². The molecular weight excluding hydrogens is 204 g/mol. The summed E-state index contributed by atoms with van der Waals surface area (Å²) in [5.74, 6) is -0.894. The standard InChI is InChI=1S/C12H20N2O2/c1-3-4-5-6-7-8-14-10(2)11(9-13-14)12(15)16/h9H,3-8H2,1-2H3,(H,15,16). The number of carboxylic acid groups (broad SMARTS) is 1. The van der Waals surface area contributed by atoms with Gasteiger partial charge in [0.25, 0.3) is 0 Å². The minimum atomic E-state index is -0.894. The Morgan fingerprint density at radius 3 is 2.62 bits per heavy atom. The highest BCUT2D eigenvalue weighted by atomic mass is 16.4. The molecule has 1 N–H and O–H groups in total. The zero-order chi connectivity index (χ0) is 12.0. The summed E-state index contributed by atoms with van der Waals surface area (Å²) in [7, 11) is 0. The summed E-state index contributed by atoms with van der Waals surface area (Å²) in [5, 5.41) is 13.0. The van der Waals surface area contributed by atoms with Crippen LogP contribution in [-0.2, 0) is 6.54 Å². The minimum Gasteiger partial charge on any atom is -0.478 e. The van der Waals surface area contributed by atoms with Crippen LogP contribution in [0, 0.1) is 6.92 Å². The number of aromatic nitrogens is 2. The summed E-state index contributed by atoms with van der Waals surface area (Å²) in [6.07, 6.45) is 7.46. The van der Waals surface area contributed by atoms with Crippen LogP contribution in [0.1, 0.15) is 55.1 Å². The van der Waals surface area contributed by atoms with Gasteiger partial charge in [0.15, 0.2) is 0 Å². The Kier molecular flexibility index (Phi) is 5.02.